The van der Waals surface area contributed by atoms with Crippen molar-refractivity contribution in [3.8, 4) is 17.2 Å². The molecule has 0 radical (unpaired) electrons. The lowest BCUT2D eigenvalue weighted by atomic mass is 9.99. The molecule has 0 bridgehead atoms. The normalized spacial score (nSPS) is 16.5. The van der Waals surface area contributed by atoms with Crippen LogP contribution in [0.1, 0.15) is 31.5 Å². The van der Waals surface area contributed by atoms with Gasteiger partial charge in [0, 0.05) is 6.07 Å². The topological polar surface area (TPSA) is 74.2 Å². The predicted octanol–water partition coefficient (Wildman–Crippen LogP) is 3.03. The first-order valence-corrected chi connectivity index (χ1v) is 6.59. The highest BCUT2D eigenvalue weighted by molar-refractivity contribution is 5.85. The molecule has 3 rings (SSSR count). The molecule has 5 nitrogen and oxygen atoms in total. The maximum atomic E-state index is 14.0. The van der Waals surface area contributed by atoms with Crippen LogP contribution in [0.5, 0.6) is 5.75 Å². The van der Waals surface area contributed by atoms with Gasteiger partial charge in [0.2, 0.25) is 0 Å². The zero-order chi connectivity index (χ0) is 14.2. The summed E-state index contributed by atoms with van der Waals surface area (Å²) >= 11 is 0. The molecular formula is C14H17ClFN3O2. The van der Waals surface area contributed by atoms with Gasteiger partial charge in [-0.15, -0.1) is 12.4 Å². The van der Waals surface area contributed by atoms with Crippen LogP contribution in [0, 0.1) is 5.82 Å². The summed E-state index contributed by atoms with van der Waals surface area (Å²) in [6.07, 6.45) is 3.77. The Hall–Kier alpha value is -1.66. The summed E-state index contributed by atoms with van der Waals surface area (Å²) in [5, 5.41) is 3.92. The summed E-state index contributed by atoms with van der Waals surface area (Å²) in [7, 11) is 1.48. The van der Waals surface area contributed by atoms with Crippen molar-refractivity contribution < 1.29 is 13.7 Å². The van der Waals surface area contributed by atoms with Crippen molar-refractivity contribution >= 4 is 12.4 Å². The molecule has 7 heteroatoms. The number of aromatic nitrogens is 2. The average molecular weight is 314 g/mol. The van der Waals surface area contributed by atoms with Crippen LogP contribution in [-0.4, -0.2) is 17.3 Å². The molecule has 0 saturated heterocycles. The second kappa shape index (κ2) is 5.99. The lowest BCUT2D eigenvalue weighted by molar-refractivity contribution is 0.372. The third-order valence-electron chi connectivity index (χ3n) is 3.77. The summed E-state index contributed by atoms with van der Waals surface area (Å²) in [6, 6.07) is 4.49. The van der Waals surface area contributed by atoms with Gasteiger partial charge in [0.1, 0.15) is 11.6 Å². The first-order chi connectivity index (χ1) is 9.62. The largest absolute Gasteiger partial charge is 0.497 e. The van der Waals surface area contributed by atoms with Gasteiger partial charge in [0.15, 0.2) is 5.82 Å². The summed E-state index contributed by atoms with van der Waals surface area (Å²) in [5.74, 6) is 0.589. The molecule has 0 amide bonds. The van der Waals surface area contributed by atoms with Crippen molar-refractivity contribution in [2.75, 3.05) is 7.11 Å². The fraction of sp³-hybridized carbons (Fsp3) is 0.429. The molecule has 1 aliphatic rings. The molecule has 0 aliphatic heterocycles. The van der Waals surface area contributed by atoms with Crippen molar-refractivity contribution in [2.24, 2.45) is 5.73 Å². The van der Waals surface area contributed by atoms with Gasteiger partial charge in [-0.1, -0.05) is 18.0 Å². The standard InChI is InChI=1S/C14H16FN3O2.ClH/c1-19-9-4-5-10(11(15)8-9)12-17-13(18-20-12)14(16)6-2-3-7-14;/h4-5,8H,2-3,6-7,16H2,1H3;1H. The van der Waals surface area contributed by atoms with Gasteiger partial charge < -0.3 is 15.0 Å². The van der Waals surface area contributed by atoms with Crippen LogP contribution in [0.25, 0.3) is 11.5 Å². The molecule has 21 heavy (non-hydrogen) atoms. The number of hydrogen-bond acceptors (Lipinski definition) is 5. The molecule has 1 aliphatic carbocycles. The van der Waals surface area contributed by atoms with E-state index in [1.165, 1.54) is 13.2 Å². The first kappa shape index (κ1) is 15.7. The Labute approximate surface area is 128 Å². The number of rotatable bonds is 3. The molecule has 0 spiro atoms. The highest BCUT2D eigenvalue weighted by Gasteiger charge is 2.36. The molecule has 0 atom stereocenters. The minimum Gasteiger partial charge on any atom is -0.497 e. The lowest BCUT2D eigenvalue weighted by Crippen LogP contribution is -2.34. The van der Waals surface area contributed by atoms with Crippen LogP contribution in [-0.2, 0) is 5.54 Å². The van der Waals surface area contributed by atoms with E-state index in [0.717, 1.165) is 25.7 Å². The van der Waals surface area contributed by atoms with Crippen LogP contribution >= 0.6 is 12.4 Å². The fourth-order valence-electron chi connectivity index (χ4n) is 2.56. The SMILES string of the molecule is COc1ccc(-c2nc(C3(N)CCCC3)no2)c(F)c1.Cl. The van der Waals surface area contributed by atoms with Crippen LogP contribution < -0.4 is 10.5 Å². The molecule has 0 unspecified atom stereocenters. The second-order valence-corrected chi connectivity index (χ2v) is 5.13. The number of methoxy groups -OCH3 is 1. The molecule has 1 aromatic heterocycles. The fourth-order valence-corrected chi connectivity index (χ4v) is 2.56. The minimum atomic E-state index is -0.537. The number of nitrogens with two attached hydrogens (primary N) is 1. The predicted molar refractivity (Wildman–Crippen MR) is 77.8 cm³/mol. The Morgan fingerprint density at radius 3 is 2.67 bits per heavy atom. The zero-order valence-electron chi connectivity index (χ0n) is 11.6. The van der Waals surface area contributed by atoms with Gasteiger partial charge in [0.05, 0.1) is 18.2 Å². The maximum Gasteiger partial charge on any atom is 0.260 e. The van der Waals surface area contributed by atoms with Gasteiger partial charge in [-0.3, -0.25) is 0 Å². The monoisotopic (exact) mass is 313 g/mol. The van der Waals surface area contributed by atoms with Crippen LogP contribution in [0.15, 0.2) is 22.7 Å². The third-order valence-corrected chi connectivity index (χ3v) is 3.77. The van der Waals surface area contributed by atoms with Crippen LogP contribution in [0.4, 0.5) is 4.39 Å². The number of halogens is 2. The van der Waals surface area contributed by atoms with E-state index in [0.29, 0.717) is 11.6 Å². The Balaban J connectivity index is 0.00000161. The Morgan fingerprint density at radius 1 is 1.33 bits per heavy atom. The number of ether oxygens (including phenoxy) is 1. The Bertz CT molecular complexity index is 626. The molecule has 1 fully saturated rings. The Morgan fingerprint density at radius 2 is 2.05 bits per heavy atom. The lowest BCUT2D eigenvalue weighted by Gasteiger charge is -2.17. The van der Waals surface area contributed by atoms with Crippen molar-refractivity contribution in [3.63, 3.8) is 0 Å². The van der Waals surface area contributed by atoms with E-state index in [1.54, 1.807) is 12.1 Å². The summed E-state index contributed by atoms with van der Waals surface area (Å²) in [6.45, 7) is 0. The van der Waals surface area contributed by atoms with Gasteiger partial charge in [-0.25, -0.2) is 4.39 Å². The van der Waals surface area contributed by atoms with Crippen molar-refractivity contribution in [3.05, 3.63) is 29.8 Å². The summed E-state index contributed by atoms with van der Waals surface area (Å²) in [5.41, 5.74) is 5.98. The molecule has 114 valence electrons. The third kappa shape index (κ3) is 2.87. The number of hydrogen-bond donors (Lipinski definition) is 1. The second-order valence-electron chi connectivity index (χ2n) is 5.13. The Kier molecular flexibility index (Phi) is 4.49. The van der Waals surface area contributed by atoms with E-state index in [2.05, 4.69) is 10.1 Å². The molecule has 1 saturated carbocycles. The van der Waals surface area contributed by atoms with Gasteiger partial charge in [0.25, 0.3) is 5.89 Å². The van der Waals surface area contributed by atoms with E-state index in [9.17, 15) is 4.39 Å². The first-order valence-electron chi connectivity index (χ1n) is 6.59. The van der Waals surface area contributed by atoms with E-state index < -0.39 is 11.4 Å². The molecule has 2 N–H and O–H groups in total. The van der Waals surface area contributed by atoms with Crippen molar-refractivity contribution in [1.82, 2.24) is 10.1 Å². The summed E-state index contributed by atoms with van der Waals surface area (Å²) < 4.78 is 24.1. The summed E-state index contributed by atoms with van der Waals surface area (Å²) in [4.78, 5) is 4.27. The van der Waals surface area contributed by atoms with E-state index >= 15 is 0 Å². The van der Waals surface area contributed by atoms with Crippen LogP contribution in [0.2, 0.25) is 0 Å². The molecule has 1 heterocycles. The van der Waals surface area contributed by atoms with E-state index in [1.807, 2.05) is 0 Å². The smallest absolute Gasteiger partial charge is 0.260 e. The number of nitrogens with zero attached hydrogens (tertiary/aromatic N) is 2. The highest BCUT2D eigenvalue weighted by atomic mass is 35.5. The van der Waals surface area contributed by atoms with Crippen LogP contribution in [0.3, 0.4) is 0 Å². The van der Waals surface area contributed by atoms with E-state index in [-0.39, 0.29) is 23.9 Å². The van der Waals surface area contributed by atoms with Crippen molar-refractivity contribution in [1.29, 1.82) is 0 Å². The maximum absolute atomic E-state index is 14.0. The van der Waals surface area contributed by atoms with Gasteiger partial charge >= 0.3 is 0 Å². The quantitative estimate of drug-likeness (QED) is 0.942. The highest BCUT2D eigenvalue weighted by Crippen LogP contribution is 2.35. The minimum absolute atomic E-state index is 0. The van der Waals surface area contributed by atoms with Gasteiger partial charge in [-0.05, 0) is 25.0 Å². The molecule has 2 aromatic rings. The number of benzene rings is 1. The molecule has 1 aromatic carbocycles. The molecular weight excluding hydrogens is 297 g/mol. The van der Waals surface area contributed by atoms with Gasteiger partial charge in [-0.2, -0.15) is 4.98 Å². The van der Waals surface area contributed by atoms with Crippen molar-refractivity contribution in [2.45, 2.75) is 31.2 Å². The average Bonchev–Trinajstić information content (AvgIpc) is 3.08. The van der Waals surface area contributed by atoms with E-state index in [4.69, 9.17) is 15.0 Å². The zero-order valence-corrected chi connectivity index (χ0v) is 12.5.